The number of amides is 1. The fourth-order valence-corrected chi connectivity index (χ4v) is 1.42. The van der Waals surface area contributed by atoms with Crippen molar-refractivity contribution in [2.75, 3.05) is 13.6 Å². The number of rotatable bonds is 4. The van der Waals surface area contributed by atoms with Gasteiger partial charge < -0.3 is 10.6 Å². The van der Waals surface area contributed by atoms with Gasteiger partial charge in [-0.1, -0.05) is 0 Å². The fourth-order valence-electron chi connectivity index (χ4n) is 1.09. The topological polar surface area (TPSA) is 41.1 Å². The number of hydrogen-bond acceptors (Lipinski definition) is 2. The summed E-state index contributed by atoms with van der Waals surface area (Å²) >= 11 is 1.89. The second kappa shape index (κ2) is 7.84. The van der Waals surface area contributed by atoms with Crippen LogP contribution in [0.5, 0.6) is 0 Å². The van der Waals surface area contributed by atoms with Gasteiger partial charge in [0.25, 0.3) is 5.91 Å². The van der Waals surface area contributed by atoms with E-state index >= 15 is 0 Å². The van der Waals surface area contributed by atoms with Crippen molar-refractivity contribution >= 4 is 40.9 Å². The van der Waals surface area contributed by atoms with Crippen LogP contribution in [0.1, 0.15) is 17.3 Å². The zero-order chi connectivity index (χ0) is 12.1. The van der Waals surface area contributed by atoms with Crippen molar-refractivity contribution in [1.82, 2.24) is 10.6 Å². The van der Waals surface area contributed by atoms with Crippen molar-refractivity contribution in [2.24, 2.45) is 0 Å². The van der Waals surface area contributed by atoms with Crippen LogP contribution in [-0.4, -0.2) is 25.5 Å². The first-order valence-corrected chi connectivity index (χ1v) is 6.03. The number of hydrogen-bond donors (Lipinski definition) is 2. The van der Waals surface area contributed by atoms with Crippen LogP contribution >= 0.6 is 35.0 Å². The predicted molar refractivity (Wildman–Crippen MR) is 77.2 cm³/mol. The Labute approximate surface area is 120 Å². The average Bonchev–Trinajstić information content (AvgIpc) is 2.29. The Bertz CT molecular complexity index is 390. The summed E-state index contributed by atoms with van der Waals surface area (Å²) in [5.74, 6) is -0.618. The van der Waals surface area contributed by atoms with E-state index in [0.717, 1.165) is 0 Å². The Morgan fingerprint density at radius 2 is 2.18 bits per heavy atom. The second-order valence-electron chi connectivity index (χ2n) is 3.53. The van der Waals surface area contributed by atoms with E-state index < -0.39 is 0 Å². The van der Waals surface area contributed by atoms with Gasteiger partial charge in [-0.05, 0) is 54.8 Å². The lowest BCUT2D eigenvalue weighted by Crippen LogP contribution is -2.37. The summed E-state index contributed by atoms with van der Waals surface area (Å²) in [5.41, 5.74) is 0.348. The largest absolute Gasteiger partial charge is 0.350 e. The number of benzene rings is 1. The van der Waals surface area contributed by atoms with E-state index in [1.54, 1.807) is 12.1 Å². The van der Waals surface area contributed by atoms with Gasteiger partial charge >= 0.3 is 0 Å². The van der Waals surface area contributed by atoms with E-state index in [9.17, 15) is 9.18 Å². The van der Waals surface area contributed by atoms with Crippen LogP contribution < -0.4 is 10.6 Å². The molecule has 0 aromatic heterocycles. The van der Waals surface area contributed by atoms with E-state index in [1.165, 1.54) is 6.07 Å². The Morgan fingerprint density at radius 3 is 2.71 bits per heavy atom. The van der Waals surface area contributed by atoms with E-state index in [4.69, 9.17) is 0 Å². The first-order valence-electron chi connectivity index (χ1n) is 4.95. The molecule has 1 atom stereocenters. The molecule has 0 saturated carbocycles. The van der Waals surface area contributed by atoms with Crippen molar-refractivity contribution in [3.05, 3.63) is 33.1 Å². The maximum atomic E-state index is 13.2. The van der Waals surface area contributed by atoms with Gasteiger partial charge in [0.2, 0.25) is 0 Å². The van der Waals surface area contributed by atoms with Crippen molar-refractivity contribution < 1.29 is 9.18 Å². The monoisotopic (exact) mass is 372 g/mol. The minimum atomic E-state index is -0.366. The highest BCUT2D eigenvalue weighted by molar-refractivity contribution is 14.1. The first-order chi connectivity index (χ1) is 7.54. The van der Waals surface area contributed by atoms with Gasteiger partial charge in [0.15, 0.2) is 0 Å². The molecule has 3 nitrogen and oxygen atoms in total. The molecule has 0 radical (unpaired) electrons. The zero-order valence-corrected chi connectivity index (χ0v) is 12.6. The average molecular weight is 373 g/mol. The minimum absolute atomic E-state index is 0. The summed E-state index contributed by atoms with van der Waals surface area (Å²) in [5, 5.41) is 5.73. The maximum absolute atomic E-state index is 13.2. The second-order valence-corrected chi connectivity index (χ2v) is 4.69. The van der Waals surface area contributed by atoms with Gasteiger partial charge in [-0.15, -0.1) is 12.4 Å². The summed E-state index contributed by atoms with van der Waals surface area (Å²) in [6.45, 7) is 2.47. The molecule has 0 saturated heterocycles. The molecule has 6 heteroatoms. The van der Waals surface area contributed by atoms with E-state index in [-0.39, 0.29) is 30.2 Å². The van der Waals surface area contributed by atoms with Crippen LogP contribution in [0.3, 0.4) is 0 Å². The third-order valence-electron chi connectivity index (χ3n) is 2.24. The summed E-state index contributed by atoms with van der Waals surface area (Å²) in [6.07, 6.45) is 0. The molecule has 1 amide bonds. The third kappa shape index (κ3) is 5.18. The number of likely N-dealkylation sites (N-methyl/N-ethyl adjacent to an activating group) is 1. The Balaban J connectivity index is 0.00000256. The summed E-state index contributed by atoms with van der Waals surface area (Å²) in [7, 11) is 1.82. The summed E-state index contributed by atoms with van der Waals surface area (Å²) in [6, 6.07) is 4.65. The lowest BCUT2D eigenvalue weighted by molar-refractivity contribution is 0.0950. The Hall–Kier alpha value is -0.400. The van der Waals surface area contributed by atoms with Gasteiger partial charge in [0, 0.05) is 21.7 Å². The van der Waals surface area contributed by atoms with Gasteiger partial charge in [0.05, 0.1) is 0 Å². The van der Waals surface area contributed by atoms with Gasteiger partial charge in [-0.25, -0.2) is 4.39 Å². The van der Waals surface area contributed by atoms with Crippen LogP contribution in [0.2, 0.25) is 0 Å². The molecule has 1 unspecified atom stereocenters. The standard InChI is InChI=1S/C11H14FIN2O.ClH/c1-7(14-2)6-15-11(16)8-3-4-10(13)9(12)5-8;/h3-5,7,14H,6H2,1-2H3,(H,15,16);1H. The highest BCUT2D eigenvalue weighted by Crippen LogP contribution is 2.12. The molecule has 96 valence electrons. The molecule has 0 bridgehead atoms. The molecule has 17 heavy (non-hydrogen) atoms. The third-order valence-corrected chi connectivity index (χ3v) is 3.12. The van der Waals surface area contributed by atoms with E-state index in [0.29, 0.717) is 15.7 Å². The van der Waals surface area contributed by atoms with Crippen molar-refractivity contribution in [3.8, 4) is 0 Å². The molecule has 0 fully saturated rings. The number of halogens is 3. The molecule has 0 spiro atoms. The lowest BCUT2D eigenvalue weighted by Gasteiger charge is -2.11. The smallest absolute Gasteiger partial charge is 0.251 e. The Kier molecular flexibility index (Phi) is 7.65. The molecule has 0 heterocycles. The molecule has 1 rings (SSSR count). The summed E-state index contributed by atoms with van der Waals surface area (Å²) in [4.78, 5) is 11.6. The number of carbonyl (C=O) groups is 1. The normalized spacial score (nSPS) is 11.5. The Morgan fingerprint density at radius 1 is 1.53 bits per heavy atom. The quantitative estimate of drug-likeness (QED) is 0.796. The van der Waals surface area contributed by atoms with Gasteiger partial charge in [-0.3, -0.25) is 4.79 Å². The molecule has 0 aliphatic rings. The first kappa shape index (κ1) is 16.6. The number of carbonyl (C=O) groups excluding carboxylic acids is 1. The predicted octanol–water partition coefficient (Wildman–Crippen LogP) is 2.19. The van der Waals surface area contributed by atoms with Crippen molar-refractivity contribution in [2.45, 2.75) is 13.0 Å². The highest BCUT2D eigenvalue weighted by Gasteiger charge is 2.09. The number of nitrogens with one attached hydrogen (secondary N) is 2. The molecule has 2 N–H and O–H groups in total. The van der Waals surface area contributed by atoms with Gasteiger partial charge in [-0.2, -0.15) is 0 Å². The van der Waals surface area contributed by atoms with Crippen molar-refractivity contribution in [1.29, 1.82) is 0 Å². The molecule has 0 aliphatic heterocycles. The summed E-state index contributed by atoms with van der Waals surface area (Å²) < 4.78 is 13.7. The van der Waals surface area contributed by atoms with Crippen LogP contribution in [0.15, 0.2) is 18.2 Å². The highest BCUT2D eigenvalue weighted by atomic mass is 127. The molecular weight excluding hydrogens is 357 g/mol. The molecule has 0 aliphatic carbocycles. The van der Waals surface area contributed by atoms with Crippen LogP contribution in [0, 0.1) is 9.39 Å². The van der Waals surface area contributed by atoms with Crippen molar-refractivity contribution in [3.63, 3.8) is 0 Å². The zero-order valence-electron chi connectivity index (χ0n) is 9.59. The van der Waals surface area contributed by atoms with Crippen LogP contribution in [-0.2, 0) is 0 Å². The van der Waals surface area contributed by atoms with Crippen LogP contribution in [0.25, 0.3) is 0 Å². The lowest BCUT2D eigenvalue weighted by atomic mass is 10.2. The van der Waals surface area contributed by atoms with E-state index in [1.807, 2.05) is 36.6 Å². The van der Waals surface area contributed by atoms with E-state index in [2.05, 4.69) is 10.6 Å². The molecule has 1 aromatic carbocycles. The maximum Gasteiger partial charge on any atom is 0.251 e. The minimum Gasteiger partial charge on any atom is -0.350 e. The van der Waals surface area contributed by atoms with Gasteiger partial charge in [0.1, 0.15) is 5.82 Å². The molecule has 1 aromatic rings. The molecular formula is C11H15ClFIN2O. The SMILES string of the molecule is CNC(C)CNC(=O)c1ccc(I)c(F)c1.Cl. The fraction of sp³-hybridized carbons (Fsp3) is 0.364. The van der Waals surface area contributed by atoms with Crippen LogP contribution in [0.4, 0.5) is 4.39 Å².